The van der Waals surface area contributed by atoms with Crippen LogP contribution in [-0.2, 0) is 0 Å². The van der Waals surface area contributed by atoms with Crippen molar-refractivity contribution in [1.82, 2.24) is 18.2 Å². The van der Waals surface area contributed by atoms with Gasteiger partial charge in [0.1, 0.15) is 16.7 Å². The van der Waals surface area contributed by atoms with Gasteiger partial charge in [-0.1, -0.05) is 413 Å². The molecule has 0 bridgehead atoms. The maximum absolute atomic E-state index is 3.17. The van der Waals surface area contributed by atoms with E-state index in [1.807, 2.05) is 0 Å². The number of unbranched alkanes of at least 4 members (excludes halogenated alkanes) is 60. The molecule has 86 heavy (non-hydrogen) atoms. The zero-order chi connectivity index (χ0) is 62.5. The largest absolute Gasteiger partial charge is 0.257 e. The maximum atomic E-state index is 3.17. The second kappa shape index (κ2) is 63.1. The molecule has 0 saturated carbocycles. The summed E-state index contributed by atoms with van der Waals surface area (Å²) in [6.45, 7) is 30.1. The molecule has 0 N–H and O–H groups in total. The molecule has 1 aliphatic heterocycles. The Morgan fingerprint density at radius 2 is 0.279 bits per heavy atom. The first-order chi connectivity index (χ1) is 42.0. The molecule has 0 aromatic heterocycles. The minimum atomic E-state index is -0.515. The number of rotatable bonds is 70. The quantitative estimate of drug-likeness (QED) is 0.0444. The third-order valence-electron chi connectivity index (χ3n) is 19.5. The second-order valence-corrected chi connectivity index (χ2v) is 35.0. The molecule has 0 radical (unpaired) electrons. The van der Waals surface area contributed by atoms with Crippen LogP contribution in [0.15, 0.2) is 0 Å². The summed E-state index contributed by atoms with van der Waals surface area (Å²) in [6, 6.07) is 0. The lowest BCUT2D eigenvalue weighted by molar-refractivity contribution is 0.217. The van der Waals surface area contributed by atoms with E-state index in [2.05, 4.69) is 87.5 Å². The predicted molar refractivity (Wildman–Crippen MR) is 398 cm³/mol. The Balaban J connectivity index is 2.98. The summed E-state index contributed by atoms with van der Waals surface area (Å²) in [4.78, 5) is 0. The van der Waals surface area contributed by atoms with Crippen LogP contribution in [0.5, 0.6) is 0 Å². The fraction of sp³-hybridized carbons (Fsp3) is 1.00. The van der Waals surface area contributed by atoms with Crippen LogP contribution in [-0.4, -0.2) is 55.5 Å². The van der Waals surface area contributed by atoms with Crippen molar-refractivity contribution in [3.05, 3.63) is 0 Å². The summed E-state index contributed by atoms with van der Waals surface area (Å²) in [6.07, 6.45) is 92.7. The van der Waals surface area contributed by atoms with Gasteiger partial charge >= 0.3 is 0 Å². The molecule has 4 nitrogen and oxygen atoms in total. The summed E-state index contributed by atoms with van der Waals surface area (Å²) < 4.78 is 12.6. The molecule has 1 rings (SSSR count). The van der Waals surface area contributed by atoms with E-state index in [0.29, 0.717) is 0 Å². The minimum absolute atomic E-state index is 0.155. The third kappa shape index (κ3) is 50.2. The van der Waals surface area contributed by atoms with Gasteiger partial charge in [-0.05, 0) is 67.2 Å². The Hall–Kier alpha value is 0.700. The minimum Gasteiger partial charge on any atom is -0.257 e. The van der Waals surface area contributed by atoms with Crippen LogP contribution in [0.3, 0.4) is 0 Å². The first-order valence-corrected chi connectivity index (χ1v) is 43.1. The molecule has 1 heterocycles. The van der Waals surface area contributed by atoms with Crippen molar-refractivity contribution in [2.24, 2.45) is 0 Å². The van der Waals surface area contributed by atoms with Gasteiger partial charge in [-0.3, -0.25) is 9.34 Å². The van der Waals surface area contributed by atoms with Gasteiger partial charge in [-0.25, -0.2) is 8.88 Å². The SMILES string of the molecule is CCCCCCCCCCCCCCCCCCN(CCCCCCCCCCCCCCCCCC)P1N(C(C)(C)C)P(N(CCCCCCCCCCCCCCCCCC)CCCCCCCCCCCCCCCCCC)N1C(C)(C)C. The van der Waals surface area contributed by atoms with Crippen molar-refractivity contribution in [2.75, 3.05) is 26.2 Å². The van der Waals surface area contributed by atoms with Crippen LogP contribution in [0, 0.1) is 0 Å². The molecule has 1 saturated heterocycles. The lowest BCUT2D eigenvalue weighted by Gasteiger charge is -2.68. The molecule has 0 aromatic carbocycles. The summed E-state index contributed by atoms with van der Waals surface area (Å²) in [5.41, 5.74) is 0.310. The number of nitrogens with zero attached hydrogens (tertiary/aromatic N) is 4. The van der Waals surface area contributed by atoms with Gasteiger partial charge < -0.3 is 0 Å². The molecule has 1 fully saturated rings. The Bertz CT molecular complexity index is 1140. The molecule has 516 valence electrons. The molecule has 0 amide bonds. The number of hydrogen-bond donors (Lipinski definition) is 0. The van der Waals surface area contributed by atoms with Gasteiger partial charge in [0, 0.05) is 37.3 Å². The van der Waals surface area contributed by atoms with E-state index in [1.54, 1.807) is 0 Å². The van der Waals surface area contributed by atoms with Crippen molar-refractivity contribution in [2.45, 2.75) is 491 Å². The van der Waals surface area contributed by atoms with Crippen molar-refractivity contribution in [3.63, 3.8) is 0 Å². The summed E-state index contributed by atoms with van der Waals surface area (Å²) in [7, 11) is -1.03. The van der Waals surface area contributed by atoms with E-state index in [0.717, 1.165) is 0 Å². The summed E-state index contributed by atoms with van der Waals surface area (Å²) in [5, 5.41) is 0. The van der Waals surface area contributed by atoms with Crippen LogP contribution in [0.25, 0.3) is 0 Å². The zero-order valence-electron chi connectivity index (χ0n) is 61.8. The second-order valence-electron chi connectivity index (χ2n) is 30.6. The zero-order valence-corrected chi connectivity index (χ0v) is 63.6. The molecule has 0 unspecified atom stereocenters. The van der Waals surface area contributed by atoms with Gasteiger partial charge in [0.25, 0.3) is 0 Å². The van der Waals surface area contributed by atoms with Gasteiger partial charge in [0.05, 0.1) is 0 Å². The van der Waals surface area contributed by atoms with Crippen molar-refractivity contribution in [1.29, 1.82) is 0 Å². The molecule has 0 spiro atoms. The van der Waals surface area contributed by atoms with Crippen molar-refractivity contribution < 1.29 is 0 Å². The Kier molecular flexibility index (Phi) is 62.2. The standard InChI is InChI=1S/C80H166N4P2/c1-11-15-19-23-27-31-35-39-43-47-51-55-59-63-67-71-75-81(76-72-68-64-60-56-52-48-44-40-36-32-28-24-20-16-12-2)85-83(79(5,6)7)86(84(85)80(8,9)10)82(77-73-69-65-61-57-53-49-45-41-37-33-29-25-21-17-13-3)78-74-70-66-62-58-54-50-46-42-38-34-30-26-22-18-14-4/h11-78H2,1-10H3. The average Bonchev–Trinajstić information content (AvgIpc) is 0.726. The van der Waals surface area contributed by atoms with Crippen LogP contribution in [0.4, 0.5) is 0 Å². The molecule has 0 atom stereocenters. The average molecular weight is 1250 g/mol. The highest BCUT2D eigenvalue weighted by molar-refractivity contribution is 7.80. The third-order valence-corrected chi connectivity index (χ3v) is 27.0. The van der Waals surface area contributed by atoms with Crippen LogP contribution < -0.4 is 0 Å². The first kappa shape index (κ1) is 84.7. The van der Waals surface area contributed by atoms with E-state index < -0.39 is 16.7 Å². The molecule has 0 aromatic rings. The highest BCUT2D eigenvalue weighted by Crippen LogP contribution is 2.83. The van der Waals surface area contributed by atoms with Crippen molar-refractivity contribution in [3.8, 4) is 0 Å². The van der Waals surface area contributed by atoms with E-state index >= 15 is 0 Å². The lowest BCUT2D eigenvalue weighted by atomic mass is 10.0. The van der Waals surface area contributed by atoms with Crippen LogP contribution in [0.2, 0.25) is 0 Å². The van der Waals surface area contributed by atoms with Gasteiger partial charge in [0.2, 0.25) is 0 Å². The van der Waals surface area contributed by atoms with Gasteiger partial charge in [-0.15, -0.1) is 0 Å². The topological polar surface area (TPSA) is 13.0 Å². The Morgan fingerprint density at radius 3 is 0.384 bits per heavy atom. The van der Waals surface area contributed by atoms with Crippen LogP contribution >= 0.6 is 16.7 Å². The molecular formula is C80H166N4P2. The first-order valence-electron chi connectivity index (χ1n) is 40.7. The summed E-state index contributed by atoms with van der Waals surface area (Å²) >= 11 is 0. The Labute approximate surface area is 549 Å². The van der Waals surface area contributed by atoms with Gasteiger partial charge in [0.15, 0.2) is 0 Å². The maximum Gasteiger partial charge on any atom is 0.132 e. The molecule has 6 heteroatoms. The van der Waals surface area contributed by atoms with E-state index in [4.69, 9.17) is 0 Å². The number of hydrogen-bond acceptors (Lipinski definition) is 4. The highest BCUT2D eigenvalue weighted by atomic mass is 31.3. The van der Waals surface area contributed by atoms with Crippen LogP contribution in [0.1, 0.15) is 480 Å². The van der Waals surface area contributed by atoms with E-state index in [9.17, 15) is 0 Å². The monoisotopic (exact) mass is 1250 g/mol. The van der Waals surface area contributed by atoms with Crippen molar-refractivity contribution >= 4 is 16.7 Å². The Morgan fingerprint density at radius 1 is 0.174 bits per heavy atom. The summed E-state index contributed by atoms with van der Waals surface area (Å²) in [5.74, 6) is 0. The predicted octanol–water partition coefficient (Wildman–Crippen LogP) is 30.3. The smallest absolute Gasteiger partial charge is 0.132 e. The van der Waals surface area contributed by atoms with Gasteiger partial charge in [-0.2, -0.15) is 0 Å². The normalized spacial score (nSPS) is 15.3. The van der Waals surface area contributed by atoms with E-state index in [1.165, 1.54) is 437 Å². The highest BCUT2D eigenvalue weighted by Gasteiger charge is 2.60. The molecular weight excluding hydrogens is 1080 g/mol. The molecule has 1 aliphatic rings. The fourth-order valence-electron chi connectivity index (χ4n) is 13.8. The lowest BCUT2D eigenvalue weighted by Crippen LogP contribution is -2.59. The molecule has 0 aliphatic carbocycles. The van der Waals surface area contributed by atoms with E-state index in [-0.39, 0.29) is 11.1 Å². The fourth-order valence-corrected chi connectivity index (χ4v) is 21.4.